The van der Waals surface area contributed by atoms with Gasteiger partial charge in [-0.1, -0.05) is 18.2 Å². The Morgan fingerprint density at radius 1 is 1.20 bits per heavy atom. The molecule has 0 saturated heterocycles. The Hall–Kier alpha value is -2.56. The molecule has 1 aliphatic heterocycles. The highest BCUT2D eigenvalue weighted by molar-refractivity contribution is 5.92. The van der Waals surface area contributed by atoms with E-state index < -0.39 is 0 Å². The highest BCUT2D eigenvalue weighted by Gasteiger charge is 2.25. The van der Waals surface area contributed by atoms with Crippen molar-refractivity contribution in [2.45, 2.75) is 38.1 Å². The molecular formula is C20H22N2O3. The third-order valence-corrected chi connectivity index (χ3v) is 4.92. The second-order valence-electron chi connectivity index (χ2n) is 6.64. The zero-order valence-electron chi connectivity index (χ0n) is 14.4. The first-order valence-electron chi connectivity index (χ1n) is 8.83. The molecule has 0 spiro atoms. The first-order chi connectivity index (χ1) is 12.2. The number of fused-ring (bicyclic) bond motifs is 2. The van der Waals surface area contributed by atoms with Gasteiger partial charge in [-0.3, -0.25) is 4.79 Å². The van der Waals surface area contributed by atoms with Gasteiger partial charge in [0.25, 0.3) is 5.91 Å². The second kappa shape index (κ2) is 6.75. The van der Waals surface area contributed by atoms with Crippen molar-refractivity contribution in [1.29, 1.82) is 0 Å². The monoisotopic (exact) mass is 338 g/mol. The number of carbonyl (C=O) groups excluding carboxylic acids is 1. The minimum atomic E-state index is -0.131. The van der Waals surface area contributed by atoms with Gasteiger partial charge in [0.15, 0.2) is 11.5 Å². The van der Waals surface area contributed by atoms with Crippen LogP contribution in [0.3, 0.4) is 0 Å². The van der Waals surface area contributed by atoms with E-state index in [-0.39, 0.29) is 11.9 Å². The van der Waals surface area contributed by atoms with Gasteiger partial charge in [0.2, 0.25) is 0 Å². The van der Waals surface area contributed by atoms with Crippen LogP contribution in [-0.4, -0.2) is 30.6 Å². The number of ether oxygens (including phenoxy) is 2. The van der Waals surface area contributed by atoms with Crippen LogP contribution in [0.5, 0.6) is 11.5 Å². The Bertz CT molecular complexity index is 804. The number of nitrogens with one attached hydrogen (secondary N) is 1. The third kappa shape index (κ3) is 3.18. The predicted octanol–water partition coefficient (Wildman–Crippen LogP) is 2.70. The zero-order valence-corrected chi connectivity index (χ0v) is 14.4. The van der Waals surface area contributed by atoms with Crippen LogP contribution in [0, 0.1) is 0 Å². The van der Waals surface area contributed by atoms with Crippen LogP contribution in [0.2, 0.25) is 0 Å². The Morgan fingerprint density at radius 3 is 2.96 bits per heavy atom. The fourth-order valence-corrected chi connectivity index (χ4v) is 3.62. The minimum Gasteiger partial charge on any atom is -0.493 e. The largest absolute Gasteiger partial charge is 0.493 e. The molecule has 1 atom stereocenters. The van der Waals surface area contributed by atoms with Gasteiger partial charge in [0.05, 0.1) is 13.2 Å². The molecule has 1 aliphatic carbocycles. The summed E-state index contributed by atoms with van der Waals surface area (Å²) in [5, 5.41) is 3.05. The van der Waals surface area contributed by atoms with Gasteiger partial charge in [-0.2, -0.15) is 0 Å². The lowest BCUT2D eigenvalue weighted by Crippen LogP contribution is -2.43. The molecule has 0 saturated carbocycles. The van der Waals surface area contributed by atoms with E-state index >= 15 is 0 Å². The summed E-state index contributed by atoms with van der Waals surface area (Å²) < 4.78 is 11.2. The van der Waals surface area contributed by atoms with Gasteiger partial charge in [-0.05, 0) is 49.8 Å². The van der Waals surface area contributed by atoms with Crippen LogP contribution < -0.4 is 14.8 Å². The van der Waals surface area contributed by atoms with Crippen LogP contribution in [0.4, 0.5) is 0 Å². The van der Waals surface area contributed by atoms with Crippen LogP contribution in [-0.2, 0) is 19.3 Å². The third-order valence-electron chi connectivity index (χ3n) is 4.92. The number of benzene rings is 1. The number of para-hydroxylation sites is 1. The maximum atomic E-state index is 12.6. The summed E-state index contributed by atoms with van der Waals surface area (Å²) in [5.41, 5.74) is 3.91. The quantitative estimate of drug-likeness (QED) is 0.935. The Balaban J connectivity index is 1.46. The molecule has 0 bridgehead atoms. The number of hydrogen-bond acceptors (Lipinski definition) is 4. The average molecular weight is 338 g/mol. The molecule has 1 aromatic carbocycles. The standard InChI is InChI=1S/C20H22N2O3/c1-24-18-8-4-6-14-11-15(12-25-19(14)18)21-20(23)17-10-9-13-5-2-3-7-16(13)22-17/h4,6,8-10,15H,2-3,5,7,11-12H2,1H3,(H,21,23)/t15-/m1/s1. The van der Waals surface area contributed by atoms with E-state index in [0.717, 1.165) is 48.4 Å². The Labute approximate surface area is 147 Å². The topological polar surface area (TPSA) is 60.5 Å². The van der Waals surface area contributed by atoms with E-state index in [1.165, 1.54) is 12.0 Å². The van der Waals surface area contributed by atoms with Gasteiger partial charge in [-0.25, -0.2) is 4.98 Å². The van der Waals surface area contributed by atoms with Gasteiger partial charge < -0.3 is 14.8 Å². The van der Waals surface area contributed by atoms with Crippen molar-refractivity contribution in [3.05, 3.63) is 52.8 Å². The molecule has 1 N–H and O–H groups in total. The number of nitrogens with zero attached hydrogens (tertiary/aromatic N) is 1. The molecule has 2 aliphatic rings. The molecule has 2 aromatic rings. The maximum Gasteiger partial charge on any atom is 0.270 e. The summed E-state index contributed by atoms with van der Waals surface area (Å²) in [6.45, 7) is 0.435. The molecule has 1 aromatic heterocycles. The smallest absolute Gasteiger partial charge is 0.270 e. The van der Waals surface area contributed by atoms with Crippen LogP contribution in [0.15, 0.2) is 30.3 Å². The number of aromatic nitrogens is 1. The van der Waals surface area contributed by atoms with Crippen molar-refractivity contribution in [1.82, 2.24) is 10.3 Å². The summed E-state index contributed by atoms with van der Waals surface area (Å²) in [6, 6.07) is 9.65. The first-order valence-corrected chi connectivity index (χ1v) is 8.83. The summed E-state index contributed by atoms with van der Waals surface area (Å²) >= 11 is 0. The van der Waals surface area contributed by atoms with Crippen LogP contribution in [0.1, 0.15) is 40.2 Å². The van der Waals surface area contributed by atoms with Crippen molar-refractivity contribution in [3.8, 4) is 11.5 Å². The highest BCUT2D eigenvalue weighted by Crippen LogP contribution is 2.34. The molecule has 0 radical (unpaired) electrons. The number of rotatable bonds is 3. The SMILES string of the molecule is COc1cccc2c1OC[C@H](NC(=O)c1ccc3c(n1)CCCC3)C2. The molecule has 0 fully saturated rings. The molecule has 130 valence electrons. The lowest BCUT2D eigenvalue weighted by molar-refractivity contribution is 0.0909. The summed E-state index contributed by atoms with van der Waals surface area (Å²) in [4.78, 5) is 17.2. The van der Waals surface area contributed by atoms with Crippen LogP contribution in [0.25, 0.3) is 0 Å². The molecule has 0 unspecified atom stereocenters. The normalized spacial score (nSPS) is 18.5. The maximum absolute atomic E-state index is 12.6. The average Bonchev–Trinajstić information content (AvgIpc) is 2.66. The summed E-state index contributed by atoms with van der Waals surface area (Å²) in [7, 11) is 1.63. The first kappa shape index (κ1) is 15.9. The lowest BCUT2D eigenvalue weighted by atomic mass is 9.96. The molecule has 1 amide bonds. The van der Waals surface area contributed by atoms with E-state index in [9.17, 15) is 4.79 Å². The zero-order chi connectivity index (χ0) is 17.2. The number of amides is 1. The van der Waals surface area contributed by atoms with E-state index in [4.69, 9.17) is 9.47 Å². The van der Waals surface area contributed by atoms with Gasteiger partial charge >= 0.3 is 0 Å². The fraction of sp³-hybridized carbons (Fsp3) is 0.400. The van der Waals surface area contributed by atoms with Crippen molar-refractivity contribution < 1.29 is 14.3 Å². The molecule has 5 nitrogen and oxygen atoms in total. The summed E-state index contributed by atoms with van der Waals surface area (Å²) in [6.07, 6.45) is 5.13. The minimum absolute atomic E-state index is 0.0649. The molecule has 5 heteroatoms. The fourth-order valence-electron chi connectivity index (χ4n) is 3.62. The number of methoxy groups -OCH3 is 1. The van der Waals surface area contributed by atoms with Crippen LogP contribution >= 0.6 is 0 Å². The second-order valence-corrected chi connectivity index (χ2v) is 6.64. The van der Waals surface area contributed by atoms with Crippen molar-refractivity contribution in [2.24, 2.45) is 0 Å². The molecule has 25 heavy (non-hydrogen) atoms. The van der Waals surface area contributed by atoms with Crippen molar-refractivity contribution >= 4 is 5.91 Å². The van der Waals surface area contributed by atoms with E-state index in [1.807, 2.05) is 30.3 Å². The summed E-state index contributed by atoms with van der Waals surface area (Å²) in [5.74, 6) is 1.38. The number of carbonyl (C=O) groups is 1. The molecular weight excluding hydrogens is 316 g/mol. The predicted molar refractivity (Wildman–Crippen MR) is 94.3 cm³/mol. The van der Waals surface area contributed by atoms with E-state index in [0.29, 0.717) is 12.3 Å². The Morgan fingerprint density at radius 2 is 2.08 bits per heavy atom. The van der Waals surface area contributed by atoms with Gasteiger partial charge in [-0.15, -0.1) is 0 Å². The van der Waals surface area contributed by atoms with E-state index in [1.54, 1.807) is 7.11 Å². The van der Waals surface area contributed by atoms with Gasteiger partial charge in [0, 0.05) is 11.3 Å². The lowest BCUT2D eigenvalue weighted by Gasteiger charge is -2.27. The van der Waals surface area contributed by atoms with E-state index in [2.05, 4.69) is 10.3 Å². The molecule has 2 heterocycles. The Kier molecular flexibility index (Phi) is 4.30. The van der Waals surface area contributed by atoms with Crippen molar-refractivity contribution in [2.75, 3.05) is 13.7 Å². The number of hydrogen-bond donors (Lipinski definition) is 1. The van der Waals surface area contributed by atoms with Gasteiger partial charge in [0.1, 0.15) is 12.3 Å². The number of aryl methyl sites for hydroxylation is 2. The number of pyridine rings is 1. The van der Waals surface area contributed by atoms with Crippen molar-refractivity contribution in [3.63, 3.8) is 0 Å². The highest BCUT2D eigenvalue weighted by atomic mass is 16.5. The molecule has 4 rings (SSSR count).